The van der Waals surface area contributed by atoms with E-state index in [9.17, 15) is 19.5 Å². The van der Waals surface area contributed by atoms with E-state index in [-0.39, 0.29) is 30.1 Å². The molecule has 2 saturated carbocycles. The third-order valence-corrected chi connectivity index (χ3v) is 11.8. The van der Waals surface area contributed by atoms with E-state index in [2.05, 4.69) is 20.0 Å². The lowest BCUT2D eigenvalue weighted by Gasteiger charge is -2.52. The molecule has 1 atom stereocenters. The molecule has 0 spiro atoms. The number of aryl methyl sites for hydroxylation is 1. The van der Waals surface area contributed by atoms with E-state index in [1.165, 1.54) is 12.8 Å². The van der Waals surface area contributed by atoms with Gasteiger partial charge in [-0.05, 0) is 81.0 Å². The molecular weight excluding hydrogens is 677 g/mol. The second-order valence-corrected chi connectivity index (χ2v) is 15.4. The van der Waals surface area contributed by atoms with Crippen molar-refractivity contribution in [3.8, 4) is 0 Å². The number of carboxylic acids is 1. The van der Waals surface area contributed by atoms with Crippen LogP contribution in [0.2, 0.25) is 10.0 Å². The lowest BCUT2D eigenvalue weighted by Crippen LogP contribution is -2.70. The van der Waals surface area contributed by atoms with Crippen molar-refractivity contribution in [1.82, 2.24) is 19.3 Å². The fraction of sp³-hybridized carbons (Fsp3) is 0.553. The summed E-state index contributed by atoms with van der Waals surface area (Å²) in [5.74, 6) is -2.04. The molecule has 268 valence electrons. The highest BCUT2D eigenvalue weighted by atomic mass is 35.5. The number of rotatable bonds is 12. The summed E-state index contributed by atoms with van der Waals surface area (Å²) in [6.45, 7) is 5.73. The minimum atomic E-state index is -1.29. The molecular formula is C38H47Cl2N5O5. The van der Waals surface area contributed by atoms with Crippen LogP contribution in [0.15, 0.2) is 42.6 Å². The maximum atomic E-state index is 15.0. The molecule has 4 aliphatic rings. The van der Waals surface area contributed by atoms with Gasteiger partial charge in [0.05, 0.1) is 28.3 Å². The topological polar surface area (TPSA) is 107 Å². The highest BCUT2D eigenvalue weighted by Gasteiger charge is 2.53. The number of likely N-dealkylation sites (tertiary alicyclic amines) is 1. The first-order valence-corrected chi connectivity index (χ1v) is 18.9. The van der Waals surface area contributed by atoms with Gasteiger partial charge in [-0.3, -0.25) is 24.2 Å². The summed E-state index contributed by atoms with van der Waals surface area (Å²) in [5.41, 5.74) is 2.41. The van der Waals surface area contributed by atoms with Crippen molar-refractivity contribution in [2.24, 2.45) is 18.9 Å². The van der Waals surface area contributed by atoms with Crippen molar-refractivity contribution >= 4 is 57.5 Å². The molecule has 3 aromatic rings. The van der Waals surface area contributed by atoms with Gasteiger partial charge >= 0.3 is 5.97 Å². The molecule has 10 nitrogen and oxygen atoms in total. The number of fused-ring (bicyclic) bond motifs is 1. The van der Waals surface area contributed by atoms with Gasteiger partial charge in [0.2, 0.25) is 5.85 Å². The summed E-state index contributed by atoms with van der Waals surface area (Å²) in [7, 11) is 1.90. The minimum Gasteiger partial charge on any atom is -0.481 e. The number of aliphatic carboxylic acids is 1. The van der Waals surface area contributed by atoms with Crippen LogP contribution in [0.1, 0.15) is 67.3 Å². The van der Waals surface area contributed by atoms with E-state index in [0.717, 1.165) is 62.4 Å². The highest BCUT2D eigenvalue weighted by molar-refractivity contribution is 6.36. The molecule has 1 aromatic heterocycles. The second kappa shape index (κ2) is 14.9. The maximum absolute atomic E-state index is 15.0. The molecule has 2 N–H and O–H groups in total. The quantitative estimate of drug-likeness (QED) is 0.225. The lowest BCUT2D eigenvalue weighted by molar-refractivity contribution is -0.260. The number of para-hydroxylation sites is 1. The summed E-state index contributed by atoms with van der Waals surface area (Å²) in [4.78, 5) is 47.1. The highest BCUT2D eigenvalue weighted by Crippen LogP contribution is 2.38. The predicted octanol–water partition coefficient (Wildman–Crippen LogP) is 6.29. The Kier molecular flexibility index (Phi) is 10.6. The van der Waals surface area contributed by atoms with Crippen LogP contribution in [0, 0.1) is 11.8 Å². The molecule has 50 heavy (non-hydrogen) atoms. The molecule has 3 heterocycles. The number of piperazine rings is 1. The standard InChI is InChI=1S/C38H47Cl2N5O5/c1-42-24-30(29-6-2-3-7-34(29)42)36(47)41-33-22-31(39)27(20-32(33)40)21-35(46)38(44-14-4-5-15-44,50-28-12-10-26(11-13-28)37(48)49)45-18-16-43(17-19-45)23-25-8-9-25/h2-3,6-7,20,22,24-26,28H,4-5,8-19,21,23H2,1H3,(H,41,47)(H,48,49)/t26-,28-,38?. The Morgan fingerprint density at radius 1 is 0.900 bits per heavy atom. The Bertz CT molecular complexity index is 1740. The first-order valence-electron chi connectivity index (χ1n) is 18.1. The van der Waals surface area contributed by atoms with Crippen molar-refractivity contribution < 1.29 is 24.2 Å². The van der Waals surface area contributed by atoms with Gasteiger partial charge in [0.15, 0.2) is 5.78 Å². The van der Waals surface area contributed by atoms with Gasteiger partial charge in [0.25, 0.3) is 5.91 Å². The van der Waals surface area contributed by atoms with Crippen LogP contribution >= 0.6 is 23.2 Å². The molecule has 1 unspecified atom stereocenters. The largest absolute Gasteiger partial charge is 0.481 e. The van der Waals surface area contributed by atoms with Crippen molar-refractivity contribution in [2.45, 2.75) is 69.7 Å². The normalized spacial score (nSPS) is 23.6. The van der Waals surface area contributed by atoms with Crippen LogP contribution in [-0.4, -0.2) is 99.8 Å². The molecule has 0 radical (unpaired) electrons. The monoisotopic (exact) mass is 723 g/mol. The molecule has 4 fully saturated rings. The van der Waals surface area contributed by atoms with E-state index in [0.29, 0.717) is 65.6 Å². The molecule has 1 amide bonds. The first-order chi connectivity index (χ1) is 24.1. The van der Waals surface area contributed by atoms with E-state index < -0.39 is 11.8 Å². The first kappa shape index (κ1) is 35.4. The minimum absolute atomic E-state index is 0.000633. The number of amides is 1. The van der Waals surface area contributed by atoms with E-state index in [4.69, 9.17) is 27.9 Å². The maximum Gasteiger partial charge on any atom is 0.306 e. The third-order valence-electron chi connectivity index (χ3n) is 11.1. The lowest BCUT2D eigenvalue weighted by atomic mass is 9.87. The predicted molar refractivity (Wildman–Crippen MR) is 195 cm³/mol. The summed E-state index contributed by atoms with van der Waals surface area (Å²) in [6, 6.07) is 11.0. The number of nitrogens with one attached hydrogen (secondary N) is 1. The van der Waals surface area contributed by atoms with Gasteiger partial charge in [0.1, 0.15) is 0 Å². The molecule has 0 bridgehead atoms. The van der Waals surface area contributed by atoms with Crippen molar-refractivity contribution in [1.29, 1.82) is 0 Å². The smallest absolute Gasteiger partial charge is 0.306 e. The zero-order valence-electron chi connectivity index (χ0n) is 28.7. The number of nitrogens with zero attached hydrogens (tertiary/aromatic N) is 4. The van der Waals surface area contributed by atoms with Crippen LogP contribution in [0.4, 0.5) is 5.69 Å². The zero-order chi connectivity index (χ0) is 35.0. The average Bonchev–Trinajstić information content (AvgIpc) is 3.61. The van der Waals surface area contributed by atoms with Crippen LogP contribution in [-0.2, 0) is 27.8 Å². The Balaban J connectivity index is 1.14. The van der Waals surface area contributed by atoms with Gasteiger partial charge < -0.3 is 24.6 Å². The summed E-state index contributed by atoms with van der Waals surface area (Å²) in [5, 5.41) is 14.0. The molecule has 12 heteroatoms. The van der Waals surface area contributed by atoms with Crippen LogP contribution in [0.3, 0.4) is 0 Å². The van der Waals surface area contributed by atoms with Gasteiger partial charge in [-0.2, -0.15) is 0 Å². The van der Waals surface area contributed by atoms with Crippen molar-refractivity contribution in [3.05, 3.63) is 63.8 Å². The Morgan fingerprint density at radius 3 is 2.26 bits per heavy atom. The number of carbonyl (C=O) groups is 3. The van der Waals surface area contributed by atoms with Gasteiger partial charge in [-0.15, -0.1) is 0 Å². The number of ether oxygens (including phenoxy) is 1. The van der Waals surface area contributed by atoms with Gasteiger partial charge in [0, 0.05) is 81.4 Å². The van der Waals surface area contributed by atoms with Crippen molar-refractivity contribution in [2.75, 3.05) is 51.1 Å². The fourth-order valence-electron chi connectivity index (χ4n) is 8.17. The van der Waals surface area contributed by atoms with E-state index in [1.807, 2.05) is 35.9 Å². The number of anilines is 1. The summed E-state index contributed by atoms with van der Waals surface area (Å²) in [6.07, 6.45) is 8.37. The number of hydrogen-bond acceptors (Lipinski definition) is 7. The van der Waals surface area contributed by atoms with Crippen LogP contribution in [0.25, 0.3) is 10.9 Å². The molecule has 2 aromatic carbocycles. The number of ketones is 1. The molecule has 7 rings (SSSR count). The fourth-order valence-corrected chi connectivity index (χ4v) is 8.63. The SMILES string of the molecule is Cn1cc(C(=O)Nc2cc(Cl)c(CC(=O)C(O[C@H]3CC[C@H](C(=O)O)CC3)(N3CCCC3)N3CCN(CC4CC4)CC3)cc2Cl)c2ccccc21. The number of halogens is 2. The zero-order valence-corrected chi connectivity index (χ0v) is 30.2. The number of benzene rings is 2. The third kappa shape index (κ3) is 7.34. The number of aromatic nitrogens is 1. The molecule has 2 aliphatic carbocycles. The van der Waals surface area contributed by atoms with Crippen LogP contribution < -0.4 is 5.32 Å². The van der Waals surface area contributed by atoms with Crippen LogP contribution in [0.5, 0.6) is 0 Å². The summed E-state index contributed by atoms with van der Waals surface area (Å²) < 4.78 is 8.99. The van der Waals surface area contributed by atoms with E-state index in [1.54, 1.807) is 18.3 Å². The Hall–Kier alpha value is -2.99. The second-order valence-electron chi connectivity index (χ2n) is 14.6. The number of hydrogen-bond donors (Lipinski definition) is 2. The average molecular weight is 725 g/mol. The van der Waals surface area contributed by atoms with Crippen molar-refractivity contribution in [3.63, 3.8) is 0 Å². The van der Waals surface area contributed by atoms with Gasteiger partial charge in [-0.25, -0.2) is 0 Å². The Morgan fingerprint density at radius 2 is 1.58 bits per heavy atom. The summed E-state index contributed by atoms with van der Waals surface area (Å²) >= 11 is 13.7. The number of carboxylic acid groups (broad SMARTS) is 1. The number of carbonyl (C=O) groups excluding carboxylic acids is 2. The molecule has 2 aliphatic heterocycles. The molecule has 2 saturated heterocycles. The Labute approximate surface area is 303 Å². The number of Topliss-reactive ketones (excluding diaryl/α,β-unsaturated/α-hetero) is 1. The van der Waals surface area contributed by atoms with E-state index >= 15 is 0 Å². The van der Waals surface area contributed by atoms with Gasteiger partial charge in [-0.1, -0.05) is 41.4 Å².